The third-order valence-corrected chi connectivity index (χ3v) is 2.06. The predicted octanol–water partition coefficient (Wildman–Crippen LogP) is 0.594. The van der Waals surface area contributed by atoms with E-state index >= 15 is 0 Å². The standard InChI is InChI=1S/C9H10O4S/c10-9(6-7-14(11)12)13-8-4-2-1-3-5-8/h1-5,14H,6-7H2. The van der Waals surface area contributed by atoms with Gasteiger partial charge in [-0.05, 0) is 12.1 Å². The van der Waals surface area contributed by atoms with Gasteiger partial charge in [0.1, 0.15) is 16.5 Å². The van der Waals surface area contributed by atoms with Crippen molar-refractivity contribution in [1.82, 2.24) is 0 Å². The van der Waals surface area contributed by atoms with E-state index in [4.69, 9.17) is 4.74 Å². The molecule has 0 aliphatic heterocycles. The average Bonchev–Trinajstić information content (AvgIpc) is 2.16. The molecule has 0 aliphatic rings. The Labute approximate surface area is 83.5 Å². The molecule has 0 amide bonds. The number of esters is 1. The fourth-order valence-electron chi connectivity index (χ4n) is 0.854. The van der Waals surface area contributed by atoms with Crippen LogP contribution in [-0.4, -0.2) is 20.1 Å². The molecular weight excluding hydrogens is 204 g/mol. The fraction of sp³-hybridized carbons (Fsp3) is 0.222. The molecule has 1 aromatic rings. The molecule has 14 heavy (non-hydrogen) atoms. The fourth-order valence-corrected chi connectivity index (χ4v) is 1.22. The second kappa shape index (κ2) is 5.39. The minimum Gasteiger partial charge on any atom is -0.427 e. The highest BCUT2D eigenvalue weighted by atomic mass is 32.2. The van der Waals surface area contributed by atoms with E-state index in [1.807, 2.05) is 0 Å². The van der Waals surface area contributed by atoms with Gasteiger partial charge in [0, 0.05) is 0 Å². The highest BCUT2D eigenvalue weighted by Crippen LogP contribution is 2.08. The molecule has 0 heterocycles. The molecule has 0 N–H and O–H groups in total. The first-order chi connectivity index (χ1) is 6.68. The van der Waals surface area contributed by atoms with Gasteiger partial charge in [0.25, 0.3) is 0 Å². The summed E-state index contributed by atoms with van der Waals surface area (Å²) in [6.07, 6.45) is -0.104. The molecule has 5 heteroatoms. The van der Waals surface area contributed by atoms with Crippen LogP contribution in [0.4, 0.5) is 0 Å². The lowest BCUT2D eigenvalue weighted by Gasteiger charge is -2.01. The van der Waals surface area contributed by atoms with Gasteiger partial charge in [0.15, 0.2) is 0 Å². The molecule has 0 spiro atoms. The van der Waals surface area contributed by atoms with Gasteiger partial charge in [0.05, 0.1) is 12.2 Å². The van der Waals surface area contributed by atoms with E-state index in [1.54, 1.807) is 30.3 Å². The first-order valence-electron chi connectivity index (χ1n) is 4.06. The summed E-state index contributed by atoms with van der Waals surface area (Å²) >= 11 is 0. The number of hydrogen-bond acceptors (Lipinski definition) is 4. The van der Waals surface area contributed by atoms with Crippen LogP contribution in [0.3, 0.4) is 0 Å². The Hall–Kier alpha value is -1.36. The first kappa shape index (κ1) is 10.7. The van der Waals surface area contributed by atoms with E-state index in [2.05, 4.69) is 0 Å². The van der Waals surface area contributed by atoms with Crippen molar-refractivity contribution in [2.75, 3.05) is 5.75 Å². The van der Waals surface area contributed by atoms with Gasteiger partial charge in [-0.1, -0.05) is 18.2 Å². The number of carbonyl (C=O) groups excluding carboxylic acids is 1. The van der Waals surface area contributed by atoms with Crippen molar-refractivity contribution in [1.29, 1.82) is 0 Å². The molecule has 0 fully saturated rings. The van der Waals surface area contributed by atoms with Crippen molar-refractivity contribution in [3.05, 3.63) is 30.3 Å². The number of benzene rings is 1. The summed E-state index contributed by atoms with van der Waals surface area (Å²) in [6, 6.07) is 8.53. The van der Waals surface area contributed by atoms with E-state index in [9.17, 15) is 13.2 Å². The Bertz CT molecular complexity index is 362. The highest BCUT2D eigenvalue weighted by Gasteiger charge is 2.04. The lowest BCUT2D eigenvalue weighted by molar-refractivity contribution is -0.133. The molecule has 76 valence electrons. The van der Waals surface area contributed by atoms with Gasteiger partial charge >= 0.3 is 5.97 Å². The summed E-state index contributed by atoms with van der Waals surface area (Å²) in [7, 11) is -2.51. The Morgan fingerprint density at radius 1 is 1.21 bits per heavy atom. The van der Waals surface area contributed by atoms with Crippen molar-refractivity contribution in [3.63, 3.8) is 0 Å². The Morgan fingerprint density at radius 3 is 2.43 bits per heavy atom. The number of thiol groups is 1. The zero-order valence-corrected chi connectivity index (χ0v) is 8.28. The van der Waals surface area contributed by atoms with Crippen LogP contribution in [0.2, 0.25) is 0 Å². The number of hydrogen-bond donors (Lipinski definition) is 1. The Morgan fingerprint density at radius 2 is 1.86 bits per heavy atom. The van der Waals surface area contributed by atoms with Gasteiger partial charge in [-0.15, -0.1) is 0 Å². The van der Waals surface area contributed by atoms with Gasteiger partial charge < -0.3 is 4.74 Å². The van der Waals surface area contributed by atoms with Gasteiger partial charge in [-0.3, -0.25) is 4.79 Å². The van der Waals surface area contributed by atoms with Crippen LogP contribution >= 0.6 is 0 Å². The Kier molecular flexibility index (Phi) is 4.12. The molecule has 0 atom stereocenters. The monoisotopic (exact) mass is 214 g/mol. The maximum absolute atomic E-state index is 11.0. The second-order valence-corrected chi connectivity index (χ2v) is 3.71. The van der Waals surface area contributed by atoms with Gasteiger partial charge in [-0.2, -0.15) is 0 Å². The number of carbonyl (C=O) groups is 1. The third kappa shape index (κ3) is 4.04. The molecule has 0 saturated heterocycles. The van der Waals surface area contributed by atoms with Crippen molar-refractivity contribution >= 4 is 16.7 Å². The first-order valence-corrected chi connectivity index (χ1v) is 5.42. The Balaban J connectivity index is 2.42. The SMILES string of the molecule is O=C(CC[SH](=O)=O)Oc1ccccc1. The average molecular weight is 214 g/mol. The van der Waals surface area contributed by atoms with Gasteiger partial charge in [0.2, 0.25) is 0 Å². The van der Waals surface area contributed by atoms with Crippen molar-refractivity contribution in [2.45, 2.75) is 6.42 Å². The number of para-hydroxylation sites is 1. The van der Waals surface area contributed by atoms with Crippen LogP contribution in [0.5, 0.6) is 5.75 Å². The van der Waals surface area contributed by atoms with E-state index in [0.29, 0.717) is 5.75 Å². The molecule has 0 saturated carbocycles. The van der Waals surface area contributed by atoms with E-state index < -0.39 is 16.7 Å². The van der Waals surface area contributed by atoms with Crippen LogP contribution in [0.1, 0.15) is 6.42 Å². The predicted molar refractivity (Wildman–Crippen MR) is 51.9 cm³/mol. The summed E-state index contributed by atoms with van der Waals surface area (Å²) in [5.41, 5.74) is 0. The molecule has 0 unspecified atom stereocenters. The maximum Gasteiger partial charge on any atom is 0.312 e. The number of ether oxygens (including phenoxy) is 1. The van der Waals surface area contributed by atoms with Crippen molar-refractivity contribution in [3.8, 4) is 5.75 Å². The number of rotatable bonds is 4. The van der Waals surface area contributed by atoms with Crippen LogP contribution in [0, 0.1) is 0 Å². The molecule has 0 aromatic heterocycles. The molecule has 1 rings (SSSR count). The largest absolute Gasteiger partial charge is 0.427 e. The molecule has 4 nitrogen and oxygen atoms in total. The third-order valence-electron chi connectivity index (χ3n) is 1.47. The zero-order chi connectivity index (χ0) is 10.4. The minimum absolute atomic E-state index is 0.104. The second-order valence-electron chi connectivity index (χ2n) is 2.59. The smallest absolute Gasteiger partial charge is 0.312 e. The van der Waals surface area contributed by atoms with E-state index in [0.717, 1.165) is 0 Å². The van der Waals surface area contributed by atoms with E-state index in [-0.39, 0.29) is 12.2 Å². The maximum atomic E-state index is 11.0. The summed E-state index contributed by atoms with van der Waals surface area (Å²) < 4.78 is 25.2. The molecule has 1 aromatic carbocycles. The van der Waals surface area contributed by atoms with Crippen molar-refractivity contribution in [2.24, 2.45) is 0 Å². The summed E-state index contributed by atoms with van der Waals surface area (Å²) in [5.74, 6) is -0.268. The lowest BCUT2D eigenvalue weighted by atomic mass is 10.3. The molecule has 0 bridgehead atoms. The van der Waals surface area contributed by atoms with Gasteiger partial charge in [-0.25, -0.2) is 8.42 Å². The summed E-state index contributed by atoms with van der Waals surface area (Å²) in [6.45, 7) is 0. The molecular formula is C9H10O4S. The normalized spacial score (nSPS) is 10.1. The highest BCUT2D eigenvalue weighted by molar-refractivity contribution is 7.72. The zero-order valence-electron chi connectivity index (χ0n) is 7.38. The molecule has 0 aliphatic carbocycles. The van der Waals surface area contributed by atoms with Crippen LogP contribution in [0.15, 0.2) is 30.3 Å². The summed E-state index contributed by atoms with van der Waals surface area (Å²) in [5, 5.41) is 0. The minimum atomic E-state index is -2.51. The van der Waals surface area contributed by atoms with Crippen LogP contribution < -0.4 is 4.74 Å². The van der Waals surface area contributed by atoms with E-state index in [1.165, 1.54) is 0 Å². The van der Waals surface area contributed by atoms with Crippen LogP contribution in [0.25, 0.3) is 0 Å². The quantitative estimate of drug-likeness (QED) is 0.453. The summed E-state index contributed by atoms with van der Waals surface area (Å²) in [4.78, 5) is 11.0. The van der Waals surface area contributed by atoms with Crippen LogP contribution in [-0.2, 0) is 15.5 Å². The van der Waals surface area contributed by atoms with Crippen molar-refractivity contribution < 1.29 is 17.9 Å². The lowest BCUT2D eigenvalue weighted by Crippen LogP contribution is -2.10. The molecule has 0 radical (unpaired) electrons. The topological polar surface area (TPSA) is 60.4 Å².